The highest BCUT2D eigenvalue weighted by Gasteiger charge is 2.26. The standard InChI is InChI=1S/C57H35N7/c1-9-26-44-36(18-1)37-19-2-10-27-45(37)61(44)52-34-17-35-53(62-46-28-11-3-20-38(46)39-21-4-12-29-47(39)62)54(52)55-58-56(63-48-30-13-5-22-40(48)41-23-6-14-31-49(41)63)60-57(59-55)64-50-32-15-7-24-42(50)43-25-8-16-33-51(43)64/h1-35H/i1D,2D,3D,9D,10D,11D,18D,19D,20D,26D,27D,28D. The van der Waals surface area contributed by atoms with Crippen molar-refractivity contribution in [2.75, 3.05) is 0 Å². The normalized spacial score (nSPS) is 14.7. The summed E-state index contributed by atoms with van der Waals surface area (Å²) in [5, 5.41) is 4.17. The first kappa shape index (κ1) is 25.2. The summed E-state index contributed by atoms with van der Waals surface area (Å²) in [6, 6.07) is 37.8. The number of hydrogen-bond donors (Lipinski definition) is 0. The maximum absolute atomic E-state index is 9.57. The zero-order valence-electron chi connectivity index (χ0n) is 45.4. The highest BCUT2D eigenvalue weighted by Crippen LogP contribution is 2.42. The van der Waals surface area contributed by atoms with Gasteiger partial charge >= 0.3 is 0 Å². The summed E-state index contributed by atoms with van der Waals surface area (Å²) < 4.78 is 117. The Balaban J connectivity index is 1.25. The second-order valence-corrected chi connectivity index (χ2v) is 15.5. The first-order valence-corrected chi connectivity index (χ1v) is 20.7. The van der Waals surface area contributed by atoms with E-state index >= 15 is 0 Å². The van der Waals surface area contributed by atoms with Crippen LogP contribution in [0.4, 0.5) is 0 Å². The lowest BCUT2D eigenvalue weighted by Gasteiger charge is -2.20. The van der Waals surface area contributed by atoms with Crippen molar-refractivity contribution in [1.29, 1.82) is 0 Å². The van der Waals surface area contributed by atoms with E-state index in [1.807, 2.05) is 106 Å². The lowest BCUT2D eigenvalue weighted by atomic mass is 10.1. The van der Waals surface area contributed by atoms with Crippen molar-refractivity contribution >= 4 is 87.2 Å². The Morgan fingerprint density at radius 2 is 0.594 bits per heavy atom. The average molecular weight is 830 g/mol. The number of nitrogens with zero attached hydrogens (tertiary/aromatic N) is 7. The number of hydrogen-bond acceptors (Lipinski definition) is 3. The lowest BCUT2D eigenvalue weighted by Crippen LogP contribution is -2.12. The van der Waals surface area contributed by atoms with Gasteiger partial charge < -0.3 is 9.13 Å². The molecule has 0 amide bonds. The van der Waals surface area contributed by atoms with Crippen molar-refractivity contribution in [3.8, 4) is 34.7 Å². The third kappa shape index (κ3) is 4.83. The van der Waals surface area contributed by atoms with E-state index in [1.54, 1.807) is 47.0 Å². The first-order valence-electron chi connectivity index (χ1n) is 26.7. The molecule has 14 rings (SSSR count). The van der Waals surface area contributed by atoms with Gasteiger partial charge in [-0.3, -0.25) is 9.13 Å². The first-order chi connectivity index (χ1) is 36.8. The van der Waals surface area contributed by atoms with Gasteiger partial charge in [-0.05, 0) is 60.6 Å². The summed E-state index contributed by atoms with van der Waals surface area (Å²) >= 11 is 0. The third-order valence-corrected chi connectivity index (χ3v) is 12.2. The van der Waals surface area contributed by atoms with Crippen LogP contribution in [0.5, 0.6) is 0 Å². The molecule has 0 unspecified atom stereocenters. The van der Waals surface area contributed by atoms with Gasteiger partial charge in [0.2, 0.25) is 11.9 Å². The Morgan fingerprint density at radius 3 is 1.00 bits per heavy atom. The molecule has 0 atom stereocenters. The number of rotatable bonds is 5. The Kier molecular flexibility index (Phi) is 5.25. The largest absolute Gasteiger partial charge is 0.308 e. The molecular formula is C57H35N7. The molecule has 0 radical (unpaired) electrons. The second kappa shape index (κ2) is 13.3. The van der Waals surface area contributed by atoms with Crippen LogP contribution in [-0.4, -0.2) is 33.2 Å². The maximum atomic E-state index is 9.57. The molecule has 5 heterocycles. The van der Waals surface area contributed by atoms with Crippen molar-refractivity contribution in [2.24, 2.45) is 0 Å². The molecule has 0 bridgehead atoms. The van der Waals surface area contributed by atoms with Crippen LogP contribution >= 0.6 is 0 Å². The van der Waals surface area contributed by atoms with Gasteiger partial charge in [0.25, 0.3) is 0 Å². The van der Waals surface area contributed by atoms with Crippen LogP contribution < -0.4 is 0 Å². The Morgan fingerprint density at radius 1 is 0.281 bits per heavy atom. The highest BCUT2D eigenvalue weighted by atomic mass is 15.3. The Hall–Kier alpha value is -8.81. The van der Waals surface area contributed by atoms with Crippen LogP contribution in [0.3, 0.4) is 0 Å². The maximum Gasteiger partial charge on any atom is 0.240 e. The summed E-state index contributed by atoms with van der Waals surface area (Å²) in [7, 11) is 0. The van der Waals surface area contributed by atoms with Gasteiger partial charge in [-0.1, -0.05) is 151 Å². The fourth-order valence-corrected chi connectivity index (χ4v) is 9.65. The fraction of sp³-hybridized carbons (Fsp3) is 0. The van der Waals surface area contributed by atoms with Gasteiger partial charge in [0.05, 0.1) is 77.5 Å². The minimum Gasteiger partial charge on any atom is -0.308 e. The molecule has 0 aliphatic carbocycles. The molecule has 0 saturated carbocycles. The Labute approximate surface area is 382 Å². The van der Waals surface area contributed by atoms with E-state index in [-0.39, 0.29) is 79.5 Å². The SMILES string of the molecule is [2H]c1c([2H])c([2H])c2c(c1[2H])c1ccccc1n2-c1cccc(-n2c3c([2H])c([2H])c([2H])c([2H])c3c3c([2H])c([2H])c([2H])c([2H])c32)c1-c1nc(-n2c3ccccc3c3ccccc32)nc(-n2c3ccccc3c3ccccc32)n1. The van der Waals surface area contributed by atoms with E-state index in [2.05, 4.69) is 0 Å². The van der Waals surface area contributed by atoms with Crippen molar-refractivity contribution in [3.05, 3.63) is 212 Å². The molecule has 0 spiro atoms. The van der Waals surface area contributed by atoms with Gasteiger partial charge in [-0.25, -0.2) is 0 Å². The quantitative estimate of drug-likeness (QED) is 0.174. The fourth-order valence-electron chi connectivity index (χ4n) is 9.65. The molecule has 14 aromatic rings. The Bertz CT molecular complexity index is 4620. The zero-order valence-corrected chi connectivity index (χ0v) is 33.4. The van der Waals surface area contributed by atoms with Crippen molar-refractivity contribution in [1.82, 2.24) is 33.2 Å². The highest BCUT2D eigenvalue weighted by molar-refractivity contribution is 6.13. The molecule has 7 nitrogen and oxygen atoms in total. The van der Waals surface area contributed by atoms with E-state index in [0.29, 0.717) is 10.9 Å². The number of para-hydroxylation sites is 8. The molecule has 0 saturated heterocycles. The van der Waals surface area contributed by atoms with E-state index in [9.17, 15) is 8.22 Å². The minimum absolute atomic E-state index is 0.00207. The van der Waals surface area contributed by atoms with Gasteiger partial charge in [-0.15, -0.1) is 0 Å². The van der Waals surface area contributed by atoms with Gasteiger partial charge in [0, 0.05) is 43.1 Å². The smallest absolute Gasteiger partial charge is 0.240 e. The van der Waals surface area contributed by atoms with Crippen LogP contribution in [0.1, 0.15) is 16.4 Å². The number of aromatic nitrogens is 7. The summed E-state index contributed by atoms with van der Waals surface area (Å²) in [5.41, 5.74) is 3.94. The average Bonchev–Trinajstić information content (AvgIpc) is 4.34. The van der Waals surface area contributed by atoms with Gasteiger partial charge in [0.1, 0.15) is 0 Å². The van der Waals surface area contributed by atoms with Crippen molar-refractivity contribution in [2.45, 2.75) is 0 Å². The second-order valence-electron chi connectivity index (χ2n) is 15.5. The molecule has 298 valence electrons. The molecule has 9 aromatic carbocycles. The molecule has 0 aliphatic heterocycles. The van der Waals surface area contributed by atoms with Crippen LogP contribution in [0.15, 0.2) is 212 Å². The zero-order chi connectivity index (χ0) is 52.3. The molecule has 0 aliphatic rings. The van der Waals surface area contributed by atoms with Gasteiger partial charge in [-0.2, -0.15) is 15.0 Å². The van der Waals surface area contributed by atoms with E-state index in [0.717, 1.165) is 43.6 Å². The lowest BCUT2D eigenvalue weighted by molar-refractivity contribution is 0.890. The van der Waals surface area contributed by atoms with Crippen LogP contribution in [0, 0.1) is 0 Å². The molecule has 5 aromatic heterocycles. The molecule has 7 heteroatoms. The predicted molar refractivity (Wildman–Crippen MR) is 263 cm³/mol. The topological polar surface area (TPSA) is 58.4 Å². The summed E-state index contributed by atoms with van der Waals surface area (Å²) in [4.78, 5) is 16.2. The molecule has 0 fully saturated rings. The van der Waals surface area contributed by atoms with Crippen molar-refractivity contribution in [3.63, 3.8) is 0 Å². The molecule has 0 N–H and O–H groups in total. The third-order valence-electron chi connectivity index (χ3n) is 12.2. The van der Waals surface area contributed by atoms with Crippen LogP contribution in [-0.2, 0) is 0 Å². The van der Waals surface area contributed by atoms with E-state index in [4.69, 9.17) is 23.2 Å². The molecule has 64 heavy (non-hydrogen) atoms. The summed E-state index contributed by atoms with van der Waals surface area (Å²) in [6.45, 7) is 0. The monoisotopic (exact) mass is 829 g/mol. The minimum atomic E-state index is -0.602. The molecular weight excluding hydrogens is 783 g/mol. The number of benzene rings is 9. The van der Waals surface area contributed by atoms with E-state index in [1.165, 1.54) is 4.57 Å². The summed E-state index contributed by atoms with van der Waals surface area (Å²) in [6.07, 6.45) is 0. The van der Waals surface area contributed by atoms with E-state index < -0.39 is 60.4 Å². The van der Waals surface area contributed by atoms with Gasteiger partial charge in [0.15, 0.2) is 5.82 Å². The number of fused-ring (bicyclic) bond motifs is 12. The van der Waals surface area contributed by atoms with Crippen molar-refractivity contribution < 1.29 is 16.4 Å². The predicted octanol–water partition coefficient (Wildman–Crippen LogP) is 13.9. The van der Waals surface area contributed by atoms with Crippen LogP contribution in [0.25, 0.3) is 122 Å². The van der Waals surface area contributed by atoms with Crippen LogP contribution in [0.2, 0.25) is 0 Å². The summed E-state index contributed by atoms with van der Waals surface area (Å²) in [5.74, 6) is 0.350.